The highest BCUT2D eigenvalue weighted by Crippen LogP contribution is 2.24. The number of nitrogens with zero attached hydrogens (tertiary/aromatic N) is 1. The lowest BCUT2D eigenvalue weighted by Gasteiger charge is -2.26. The van der Waals surface area contributed by atoms with Crippen molar-refractivity contribution in [2.24, 2.45) is 0 Å². The minimum absolute atomic E-state index is 0.0337. The van der Waals surface area contributed by atoms with Gasteiger partial charge in [0, 0.05) is 19.6 Å². The number of hydrogen-bond donors (Lipinski definition) is 2. The summed E-state index contributed by atoms with van der Waals surface area (Å²) in [7, 11) is 0. The van der Waals surface area contributed by atoms with Crippen molar-refractivity contribution in [3.63, 3.8) is 0 Å². The number of likely N-dealkylation sites (tertiary alicyclic amines) is 1. The Kier molecular flexibility index (Phi) is 4.79. The van der Waals surface area contributed by atoms with Gasteiger partial charge >= 0.3 is 0 Å². The first-order valence-electron chi connectivity index (χ1n) is 6.98. The van der Waals surface area contributed by atoms with Crippen molar-refractivity contribution < 1.29 is 9.84 Å². The Morgan fingerprint density at radius 3 is 2.82 bits per heavy atom. The van der Waals surface area contributed by atoms with Gasteiger partial charge in [-0.3, -0.25) is 0 Å². The smallest absolute Gasteiger partial charge is 0.105 e. The first-order valence-corrected chi connectivity index (χ1v) is 6.98. The van der Waals surface area contributed by atoms with E-state index in [9.17, 15) is 5.11 Å². The van der Waals surface area contributed by atoms with Crippen LogP contribution in [0.25, 0.3) is 0 Å². The summed E-state index contributed by atoms with van der Waals surface area (Å²) in [6.45, 7) is 8.03. The third-order valence-corrected chi connectivity index (χ3v) is 4.12. The molecule has 2 atom stereocenters. The number of rotatable bonds is 6. The Balaban J connectivity index is 1.53. The van der Waals surface area contributed by atoms with Crippen molar-refractivity contribution in [1.82, 2.24) is 10.2 Å². The van der Waals surface area contributed by atoms with Crippen molar-refractivity contribution in [1.29, 1.82) is 0 Å². The molecule has 2 aliphatic rings. The van der Waals surface area contributed by atoms with Crippen LogP contribution in [-0.4, -0.2) is 61.0 Å². The fourth-order valence-electron chi connectivity index (χ4n) is 2.74. The highest BCUT2D eigenvalue weighted by Gasteiger charge is 2.38. The number of hydrogen-bond acceptors (Lipinski definition) is 4. The fourth-order valence-corrected chi connectivity index (χ4v) is 2.74. The molecule has 0 aromatic carbocycles. The summed E-state index contributed by atoms with van der Waals surface area (Å²) in [5, 5.41) is 13.6. The van der Waals surface area contributed by atoms with Gasteiger partial charge in [0.25, 0.3) is 0 Å². The van der Waals surface area contributed by atoms with Crippen LogP contribution in [0.3, 0.4) is 0 Å². The van der Waals surface area contributed by atoms with Crippen LogP contribution < -0.4 is 5.32 Å². The molecule has 0 aliphatic carbocycles. The highest BCUT2D eigenvalue weighted by molar-refractivity contribution is 4.91. The Morgan fingerprint density at radius 1 is 1.41 bits per heavy atom. The normalized spacial score (nSPS) is 34.6. The summed E-state index contributed by atoms with van der Waals surface area (Å²) in [5.74, 6) is 0. The van der Waals surface area contributed by atoms with Gasteiger partial charge in [0.05, 0.1) is 6.10 Å². The van der Waals surface area contributed by atoms with E-state index < -0.39 is 5.60 Å². The van der Waals surface area contributed by atoms with E-state index in [0.717, 1.165) is 13.0 Å². The van der Waals surface area contributed by atoms with Gasteiger partial charge < -0.3 is 20.1 Å². The van der Waals surface area contributed by atoms with Crippen LogP contribution in [0.4, 0.5) is 0 Å². The van der Waals surface area contributed by atoms with Crippen LogP contribution in [0.5, 0.6) is 0 Å². The largest absolute Gasteiger partial charge is 0.386 e. The lowest BCUT2D eigenvalue weighted by atomic mass is 9.97. The third kappa shape index (κ3) is 3.65. The van der Waals surface area contributed by atoms with E-state index in [1.807, 2.05) is 6.92 Å². The molecule has 4 heteroatoms. The minimum atomic E-state index is -0.645. The van der Waals surface area contributed by atoms with Crippen molar-refractivity contribution in [2.45, 2.75) is 44.3 Å². The van der Waals surface area contributed by atoms with Crippen LogP contribution in [0, 0.1) is 0 Å². The zero-order valence-corrected chi connectivity index (χ0v) is 11.0. The summed E-state index contributed by atoms with van der Waals surface area (Å²) in [5.41, 5.74) is -0.645. The Morgan fingerprint density at radius 2 is 2.18 bits per heavy atom. The first kappa shape index (κ1) is 13.3. The molecule has 2 unspecified atom stereocenters. The summed E-state index contributed by atoms with van der Waals surface area (Å²) >= 11 is 0. The molecule has 0 amide bonds. The molecule has 2 N–H and O–H groups in total. The van der Waals surface area contributed by atoms with E-state index in [-0.39, 0.29) is 6.10 Å². The lowest BCUT2D eigenvalue weighted by Crippen LogP contribution is -2.46. The van der Waals surface area contributed by atoms with Gasteiger partial charge in [-0.25, -0.2) is 0 Å². The molecule has 100 valence electrons. The van der Waals surface area contributed by atoms with Gasteiger partial charge in [0.2, 0.25) is 0 Å². The maximum absolute atomic E-state index is 10.3. The molecule has 0 bridgehead atoms. The maximum Gasteiger partial charge on any atom is 0.105 e. The molecule has 0 aromatic heterocycles. The second kappa shape index (κ2) is 6.14. The van der Waals surface area contributed by atoms with Crippen LogP contribution in [-0.2, 0) is 4.74 Å². The van der Waals surface area contributed by atoms with Gasteiger partial charge in [-0.2, -0.15) is 0 Å². The number of nitrogens with one attached hydrogen (secondary N) is 1. The Labute approximate surface area is 104 Å². The van der Waals surface area contributed by atoms with Gasteiger partial charge in [0.1, 0.15) is 5.60 Å². The van der Waals surface area contributed by atoms with Crippen LogP contribution in [0.2, 0.25) is 0 Å². The van der Waals surface area contributed by atoms with Gasteiger partial charge in [-0.15, -0.1) is 0 Å². The first-order chi connectivity index (χ1) is 8.21. The van der Waals surface area contributed by atoms with Crippen LogP contribution in [0.1, 0.15) is 32.6 Å². The zero-order chi connectivity index (χ0) is 12.1. The molecule has 4 nitrogen and oxygen atoms in total. The molecule has 0 saturated carbocycles. The molecule has 2 fully saturated rings. The predicted molar refractivity (Wildman–Crippen MR) is 68.1 cm³/mol. The number of aliphatic hydroxyl groups is 1. The predicted octanol–water partition coefficient (Wildman–Crippen LogP) is 0.602. The second-order valence-electron chi connectivity index (χ2n) is 5.45. The van der Waals surface area contributed by atoms with E-state index in [0.29, 0.717) is 13.2 Å². The minimum Gasteiger partial charge on any atom is -0.386 e. The Hall–Kier alpha value is -0.160. The molecule has 17 heavy (non-hydrogen) atoms. The van der Waals surface area contributed by atoms with E-state index in [1.54, 1.807) is 0 Å². The van der Waals surface area contributed by atoms with Gasteiger partial charge in [-0.1, -0.05) is 0 Å². The van der Waals surface area contributed by atoms with Crippen molar-refractivity contribution >= 4 is 0 Å². The molecule has 0 radical (unpaired) electrons. The van der Waals surface area contributed by atoms with E-state index >= 15 is 0 Å². The van der Waals surface area contributed by atoms with Crippen molar-refractivity contribution in [3.05, 3.63) is 0 Å². The van der Waals surface area contributed by atoms with Gasteiger partial charge in [-0.05, 0) is 52.4 Å². The van der Waals surface area contributed by atoms with Crippen LogP contribution >= 0.6 is 0 Å². The molecule has 2 rings (SSSR count). The van der Waals surface area contributed by atoms with E-state index in [4.69, 9.17) is 4.74 Å². The Bertz CT molecular complexity index is 231. The van der Waals surface area contributed by atoms with E-state index in [2.05, 4.69) is 10.2 Å². The maximum atomic E-state index is 10.3. The standard InChI is InChI=1S/C13H26N2O2/c1-12-13(16,5-10-17-12)11-14-6-4-9-15-7-2-3-8-15/h12,14,16H,2-11H2,1H3. The summed E-state index contributed by atoms with van der Waals surface area (Å²) < 4.78 is 5.41. The highest BCUT2D eigenvalue weighted by atomic mass is 16.5. The fraction of sp³-hybridized carbons (Fsp3) is 1.00. The molecule has 2 heterocycles. The summed E-state index contributed by atoms with van der Waals surface area (Å²) in [6, 6.07) is 0. The van der Waals surface area contributed by atoms with Crippen LogP contribution in [0.15, 0.2) is 0 Å². The van der Waals surface area contributed by atoms with E-state index in [1.165, 1.54) is 38.9 Å². The zero-order valence-electron chi connectivity index (χ0n) is 11.0. The van der Waals surface area contributed by atoms with Crippen molar-refractivity contribution in [3.8, 4) is 0 Å². The summed E-state index contributed by atoms with van der Waals surface area (Å²) in [6.07, 6.45) is 4.62. The average Bonchev–Trinajstić information content (AvgIpc) is 2.91. The third-order valence-electron chi connectivity index (χ3n) is 4.12. The second-order valence-corrected chi connectivity index (χ2v) is 5.45. The molecule has 0 spiro atoms. The quantitative estimate of drug-likeness (QED) is 0.670. The number of ether oxygens (including phenoxy) is 1. The molecular formula is C13H26N2O2. The monoisotopic (exact) mass is 242 g/mol. The molecular weight excluding hydrogens is 216 g/mol. The average molecular weight is 242 g/mol. The SMILES string of the molecule is CC1OCCC1(O)CNCCCN1CCCC1. The topological polar surface area (TPSA) is 44.7 Å². The lowest BCUT2D eigenvalue weighted by molar-refractivity contribution is -0.0260. The molecule has 0 aromatic rings. The molecule has 2 aliphatic heterocycles. The van der Waals surface area contributed by atoms with Gasteiger partial charge in [0.15, 0.2) is 0 Å². The van der Waals surface area contributed by atoms with Crippen molar-refractivity contribution in [2.75, 3.05) is 39.3 Å². The summed E-state index contributed by atoms with van der Waals surface area (Å²) in [4.78, 5) is 2.53. The molecule has 2 saturated heterocycles.